The van der Waals surface area contributed by atoms with Gasteiger partial charge >= 0.3 is 0 Å². The van der Waals surface area contributed by atoms with Gasteiger partial charge in [0.1, 0.15) is 0 Å². The smallest absolute Gasteiger partial charge is 0.264 e. The van der Waals surface area contributed by atoms with E-state index in [2.05, 4.69) is 4.90 Å². The summed E-state index contributed by atoms with van der Waals surface area (Å²) in [5.41, 5.74) is 3.27. The standard InChI is InChI=1S/C26H28Cl2N2O3S/c1-20-9-11-25(12-10-20)34(32,33)30(14-15-31)26-8-4-3-7-22(26)19-29(2)13-5-6-21-16-23(27)18-24(28)17-21/h3-12,16-18,31H,13-15,19H2,1-2H3/b6-5+. The summed E-state index contributed by atoms with van der Waals surface area (Å²) in [7, 11) is -1.88. The van der Waals surface area contributed by atoms with Gasteiger partial charge in [0.05, 0.1) is 23.7 Å². The van der Waals surface area contributed by atoms with Crippen LogP contribution in [0.3, 0.4) is 0 Å². The van der Waals surface area contributed by atoms with Crippen LogP contribution in [0.4, 0.5) is 5.69 Å². The molecule has 0 aromatic heterocycles. The molecule has 0 spiro atoms. The summed E-state index contributed by atoms with van der Waals surface area (Å²) in [6, 6.07) is 19.4. The molecule has 5 nitrogen and oxygen atoms in total. The van der Waals surface area contributed by atoms with Crippen molar-refractivity contribution in [3.05, 3.63) is 99.5 Å². The zero-order valence-electron chi connectivity index (χ0n) is 19.2. The fourth-order valence-electron chi connectivity index (χ4n) is 3.58. The highest BCUT2D eigenvalue weighted by Gasteiger charge is 2.26. The second-order valence-electron chi connectivity index (χ2n) is 8.04. The third-order valence-corrected chi connectivity index (χ3v) is 7.49. The van der Waals surface area contributed by atoms with Crippen molar-refractivity contribution in [3.8, 4) is 0 Å². The van der Waals surface area contributed by atoms with Gasteiger partial charge < -0.3 is 5.11 Å². The SMILES string of the molecule is Cc1ccc(S(=O)(=O)N(CCO)c2ccccc2CN(C)C/C=C/c2cc(Cl)cc(Cl)c2)cc1. The normalized spacial score (nSPS) is 11.9. The molecule has 0 aliphatic carbocycles. The van der Waals surface area contributed by atoms with Crippen molar-refractivity contribution < 1.29 is 13.5 Å². The predicted octanol–water partition coefficient (Wildman–Crippen LogP) is 5.63. The Kier molecular flexibility index (Phi) is 9.17. The highest BCUT2D eigenvalue weighted by atomic mass is 35.5. The summed E-state index contributed by atoms with van der Waals surface area (Å²) in [4.78, 5) is 2.26. The Labute approximate surface area is 211 Å². The molecule has 1 N–H and O–H groups in total. The van der Waals surface area contributed by atoms with Crippen LogP contribution >= 0.6 is 23.2 Å². The predicted molar refractivity (Wildman–Crippen MR) is 141 cm³/mol. The lowest BCUT2D eigenvalue weighted by Crippen LogP contribution is -2.35. The van der Waals surface area contributed by atoms with E-state index in [9.17, 15) is 13.5 Å². The largest absolute Gasteiger partial charge is 0.394 e. The number of aliphatic hydroxyl groups is 1. The Bertz CT molecular complexity index is 1220. The lowest BCUT2D eigenvalue weighted by atomic mass is 10.1. The van der Waals surface area contributed by atoms with Gasteiger partial charge in [0, 0.05) is 23.1 Å². The lowest BCUT2D eigenvalue weighted by Gasteiger charge is -2.27. The summed E-state index contributed by atoms with van der Waals surface area (Å²) in [6.07, 6.45) is 3.94. The zero-order chi connectivity index (χ0) is 24.7. The Morgan fingerprint density at radius 1 is 0.971 bits per heavy atom. The minimum absolute atomic E-state index is 0.0354. The van der Waals surface area contributed by atoms with E-state index in [4.69, 9.17) is 23.2 Å². The van der Waals surface area contributed by atoms with E-state index in [1.807, 2.05) is 50.4 Å². The molecule has 3 aromatic rings. The van der Waals surface area contributed by atoms with Gasteiger partial charge in [0.15, 0.2) is 0 Å². The van der Waals surface area contributed by atoms with Gasteiger partial charge in [0.2, 0.25) is 0 Å². The number of hydrogen-bond acceptors (Lipinski definition) is 4. The second-order valence-corrected chi connectivity index (χ2v) is 10.8. The fraction of sp³-hybridized carbons (Fsp3) is 0.231. The number of halogens is 2. The summed E-state index contributed by atoms with van der Waals surface area (Å²) in [5, 5.41) is 10.8. The molecule has 8 heteroatoms. The van der Waals surface area contributed by atoms with Gasteiger partial charge in [-0.2, -0.15) is 0 Å². The van der Waals surface area contributed by atoms with Crippen molar-refractivity contribution >= 4 is 45.0 Å². The molecule has 0 unspecified atom stereocenters. The molecular weight excluding hydrogens is 491 g/mol. The summed E-state index contributed by atoms with van der Waals surface area (Å²) in [6.45, 7) is 2.72. The van der Waals surface area contributed by atoms with Crippen LogP contribution < -0.4 is 4.31 Å². The number of aliphatic hydroxyl groups excluding tert-OH is 1. The maximum absolute atomic E-state index is 13.4. The maximum Gasteiger partial charge on any atom is 0.264 e. The van der Waals surface area contributed by atoms with E-state index in [1.54, 1.807) is 42.5 Å². The Hall–Kier alpha value is -2.35. The number of hydrogen-bond donors (Lipinski definition) is 1. The third-order valence-electron chi connectivity index (χ3n) is 5.22. The van der Waals surface area contributed by atoms with Gasteiger partial charge in [-0.25, -0.2) is 8.42 Å². The van der Waals surface area contributed by atoms with Crippen molar-refractivity contribution in [2.24, 2.45) is 0 Å². The van der Waals surface area contributed by atoms with Crippen molar-refractivity contribution in [1.82, 2.24) is 4.90 Å². The van der Waals surface area contributed by atoms with Crippen LogP contribution in [-0.4, -0.2) is 45.2 Å². The molecule has 0 radical (unpaired) electrons. The van der Waals surface area contributed by atoms with E-state index in [1.165, 1.54) is 4.31 Å². The minimum Gasteiger partial charge on any atom is -0.394 e. The second kappa shape index (κ2) is 11.9. The van der Waals surface area contributed by atoms with Gasteiger partial charge in [-0.15, -0.1) is 0 Å². The van der Waals surface area contributed by atoms with Crippen LogP contribution in [0.25, 0.3) is 6.08 Å². The Morgan fingerprint density at radius 2 is 1.62 bits per heavy atom. The fourth-order valence-corrected chi connectivity index (χ4v) is 5.62. The number of anilines is 1. The third kappa shape index (κ3) is 6.84. The number of aryl methyl sites for hydroxylation is 1. The summed E-state index contributed by atoms with van der Waals surface area (Å²) in [5.74, 6) is 0. The number of likely N-dealkylation sites (N-methyl/N-ethyl adjacent to an activating group) is 1. The van der Waals surface area contributed by atoms with Crippen molar-refractivity contribution in [2.45, 2.75) is 18.4 Å². The van der Waals surface area contributed by atoms with E-state index in [0.717, 1.165) is 16.7 Å². The molecule has 0 aliphatic rings. The monoisotopic (exact) mass is 518 g/mol. The summed E-state index contributed by atoms with van der Waals surface area (Å²) < 4.78 is 28.1. The molecule has 3 aromatic carbocycles. The zero-order valence-corrected chi connectivity index (χ0v) is 21.5. The molecule has 0 saturated carbocycles. The van der Waals surface area contributed by atoms with E-state index in [0.29, 0.717) is 28.8 Å². The maximum atomic E-state index is 13.4. The van der Waals surface area contributed by atoms with Crippen molar-refractivity contribution in [2.75, 3.05) is 31.0 Å². The molecule has 0 bridgehead atoms. The minimum atomic E-state index is -3.84. The summed E-state index contributed by atoms with van der Waals surface area (Å²) >= 11 is 12.1. The van der Waals surface area contributed by atoms with Gasteiger partial charge in [-0.3, -0.25) is 9.21 Å². The van der Waals surface area contributed by atoms with Crippen LogP contribution in [0.2, 0.25) is 10.0 Å². The first-order chi connectivity index (χ1) is 16.2. The molecule has 0 fully saturated rings. The molecule has 3 rings (SSSR count). The van der Waals surface area contributed by atoms with Gasteiger partial charge in [-0.05, 0) is 61.5 Å². The first kappa shape index (κ1) is 26.3. The highest BCUT2D eigenvalue weighted by molar-refractivity contribution is 7.92. The molecule has 34 heavy (non-hydrogen) atoms. The molecule has 0 heterocycles. The number of rotatable bonds is 10. The number of benzene rings is 3. The average Bonchev–Trinajstić information content (AvgIpc) is 2.77. The number of sulfonamides is 1. The average molecular weight is 519 g/mol. The van der Waals surface area contributed by atoms with Crippen LogP contribution in [0.1, 0.15) is 16.7 Å². The van der Waals surface area contributed by atoms with E-state index >= 15 is 0 Å². The molecule has 180 valence electrons. The van der Waals surface area contributed by atoms with Crippen LogP contribution in [-0.2, 0) is 16.6 Å². The topological polar surface area (TPSA) is 60.9 Å². The van der Waals surface area contributed by atoms with Crippen molar-refractivity contribution in [3.63, 3.8) is 0 Å². The van der Waals surface area contributed by atoms with E-state index < -0.39 is 10.0 Å². The first-order valence-electron chi connectivity index (χ1n) is 10.8. The number of nitrogens with zero attached hydrogens (tertiary/aromatic N) is 2. The van der Waals surface area contributed by atoms with Gasteiger partial charge in [0.25, 0.3) is 10.0 Å². The number of para-hydroxylation sites is 1. The highest BCUT2D eigenvalue weighted by Crippen LogP contribution is 2.28. The van der Waals surface area contributed by atoms with E-state index in [-0.39, 0.29) is 18.0 Å². The van der Waals surface area contributed by atoms with Gasteiger partial charge in [-0.1, -0.05) is 71.2 Å². The van der Waals surface area contributed by atoms with Crippen LogP contribution in [0.5, 0.6) is 0 Å². The molecule has 0 amide bonds. The quantitative estimate of drug-likeness (QED) is 0.377. The first-order valence-corrected chi connectivity index (χ1v) is 13.0. The molecular formula is C26H28Cl2N2O3S. The molecule has 0 saturated heterocycles. The van der Waals surface area contributed by atoms with Crippen LogP contribution in [0, 0.1) is 6.92 Å². The Morgan fingerprint density at radius 3 is 2.26 bits per heavy atom. The Balaban J connectivity index is 1.81. The van der Waals surface area contributed by atoms with Crippen molar-refractivity contribution in [1.29, 1.82) is 0 Å². The molecule has 0 atom stereocenters. The van der Waals surface area contributed by atoms with Crippen LogP contribution in [0.15, 0.2) is 77.7 Å². The molecule has 0 aliphatic heterocycles. The lowest BCUT2D eigenvalue weighted by molar-refractivity contribution is 0.306.